The molecule has 0 saturated carbocycles. The molecule has 7 heteroatoms. The highest BCUT2D eigenvalue weighted by atomic mass is 79.9. The number of hydrogen-bond acceptors (Lipinski definition) is 4. The number of furan rings is 1. The summed E-state index contributed by atoms with van der Waals surface area (Å²) < 4.78 is 12.3. The summed E-state index contributed by atoms with van der Waals surface area (Å²) >= 11 is 8.55. The van der Waals surface area contributed by atoms with Crippen LogP contribution in [0.4, 0.5) is 0 Å². The Morgan fingerprint density at radius 3 is 2.83 bits per heavy atom. The molecular weight excluding hydrogens is 392 g/mol. The Kier molecular flexibility index (Phi) is 5.01. The predicted molar refractivity (Wildman–Crippen MR) is 98.3 cm³/mol. The van der Waals surface area contributed by atoms with E-state index < -0.39 is 0 Å². The van der Waals surface area contributed by atoms with Gasteiger partial charge in [-0.2, -0.15) is 0 Å². The Morgan fingerprint density at radius 1 is 1.33 bits per heavy atom. The smallest absolute Gasteiger partial charge is 0.276 e. The molecule has 3 rings (SSSR count). The minimum absolute atomic E-state index is 0.148. The number of nitrogens with one attached hydrogen (secondary N) is 1. The van der Waals surface area contributed by atoms with Gasteiger partial charge in [0, 0.05) is 12.6 Å². The third kappa shape index (κ3) is 3.52. The first-order chi connectivity index (χ1) is 11.6. The van der Waals surface area contributed by atoms with Crippen LogP contribution in [0.15, 0.2) is 51.0 Å². The molecule has 124 valence electrons. The molecule has 1 saturated heterocycles. The molecule has 0 unspecified atom stereocenters. The van der Waals surface area contributed by atoms with Crippen LogP contribution in [-0.4, -0.2) is 22.5 Å². The van der Waals surface area contributed by atoms with Gasteiger partial charge in [0.15, 0.2) is 5.11 Å². The van der Waals surface area contributed by atoms with E-state index in [0.717, 1.165) is 10.2 Å². The predicted octanol–water partition coefficient (Wildman–Crippen LogP) is 3.70. The SMILES string of the molecule is CCN1C(=O)/C(=C\c2ccc(COc3ccccc3Br)o2)NC1=S. The first-order valence-corrected chi connectivity index (χ1v) is 8.59. The van der Waals surface area contributed by atoms with E-state index in [1.54, 1.807) is 12.1 Å². The Balaban J connectivity index is 1.68. The molecule has 1 aromatic heterocycles. The second kappa shape index (κ2) is 7.19. The summed E-state index contributed by atoms with van der Waals surface area (Å²) in [5, 5.41) is 3.31. The van der Waals surface area contributed by atoms with Crippen molar-refractivity contribution in [3.8, 4) is 5.75 Å². The molecule has 1 amide bonds. The molecule has 0 bridgehead atoms. The zero-order chi connectivity index (χ0) is 17.1. The highest BCUT2D eigenvalue weighted by Crippen LogP contribution is 2.25. The highest BCUT2D eigenvalue weighted by Gasteiger charge is 2.29. The Morgan fingerprint density at radius 2 is 2.12 bits per heavy atom. The lowest BCUT2D eigenvalue weighted by Crippen LogP contribution is -2.30. The maximum absolute atomic E-state index is 12.1. The Bertz CT molecular complexity index is 816. The fourth-order valence-corrected chi connectivity index (χ4v) is 2.98. The zero-order valence-corrected chi connectivity index (χ0v) is 15.3. The number of carbonyl (C=O) groups excluding carboxylic acids is 1. The van der Waals surface area contributed by atoms with Crippen LogP contribution in [0.2, 0.25) is 0 Å². The number of ether oxygens (including phenoxy) is 1. The third-order valence-corrected chi connectivity index (χ3v) is 4.43. The number of nitrogens with zero attached hydrogens (tertiary/aromatic N) is 1. The summed E-state index contributed by atoms with van der Waals surface area (Å²) in [6.45, 7) is 2.71. The molecule has 2 heterocycles. The monoisotopic (exact) mass is 406 g/mol. The fourth-order valence-electron chi connectivity index (χ4n) is 2.26. The topological polar surface area (TPSA) is 54.7 Å². The summed E-state index contributed by atoms with van der Waals surface area (Å²) in [6.07, 6.45) is 1.65. The maximum Gasteiger partial charge on any atom is 0.276 e. The van der Waals surface area contributed by atoms with Gasteiger partial charge in [0.2, 0.25) is 0 Å². The van der Waals surface area contributed by atoms with Crippen LogP contribution in [0, 0.1) is 0 Å². The second-order valence-corrected chi connectivity index (χ2v) is 6.30. The minimum atomic E-state index is -0.148. The van der Waals surface area contributed by atoms with Crippen LogP contribution in [0.5, 0.6) is 5.75 Å². The number of para-hydroxylation sites is 1. The van der Waals surface area contributed by atoms with Gasteiger partial charge >= 0.3 is 0 Å². The standard InChI is InChI=1S/C17H15BrN2O3S/c1-2-20-16(21)14(19-17(20)24)9-11-7-8-12(23-11)10-22-15-6-4-3-5-13(15)18/h3-9H,2,10H2,1H3,(H,19,24)/b14-9+. The van der Waals surface area contributed by atoms with Crippen molar-refractivity contribution in [2.24, 2.45) is 0 Å². The lowest BCUT2D eigenvalue weighted by molar-refractivity contribution is -0.122. The maximum atomic E-state index is 12.1. The number of likely N-dealkylation sites (N-methyl/N-ethyl adjacent to an activating group) is 1. The zero-order valence-electron chi connectivity index (χ0n) is 12.9. The van der Waals surface area contributed by atoms with Crippen LogP contribution in [0.1, 0.15) is 18.4 Å². The number of amides is 1. The van der Waals surface area contributed by atoms with Gasteiger partial charge in [0.25, 0.3) is 5.91 Å². The molecule has 1 aromatic carbocycles. The Labute approximate surface area is 153 Å². The summed E-state index contributed by atoms with van der Waals surface area (Å²) in [6, 6.07) is 11.2. The summed E-state index contributed by atoms with van der Waals surface area (Å²) in [7, 11) is 0. The highest BCUT2D eigenvalue weighted by molar-refractivity contribution is 9.10. The van der Waals surface area contributed by atoms with E-state index >= 15 is 0 Å². The van der Waals surface area contributed by atoms with E-state index in [9.17, 15) is 4.79 Å². The van der Waals surface area contributed by atoms with Crippen molar-refractivity contribution < 1.29 is 13.9 Å². The number of rotatable bonds is 5. The number of carbonyl (C=O) groups is 1. The van der Waals surface area contributed by atoms with Crippen molar-refractivity contribution >= 4 is 45.2 Å². The fraction of sp³-hybridized carbons (Fsp3) is 0.176. The van der Waals surface area contributed by atoms with Crippen molar-refractivity contribution in [1.29, 1.82) is 0 Å². The van der Waals surface area contributed by atoms with Crippen LogP contribution >= 0.6 is 28.1 Å². The van der Waals surface area contributed by atoms with Crippen molar-refractivity contribution in [3.05, 3.63) is 58.1 Å². The Hall–Kier alpha value is -2.12. The number of hydrogen-bond donors (Lipinski definition) is 1. The summed E-state index contributed by atoms with van der Waals surface area (Å²) in [5.41, 5.74) is 0.412. The van der Waals surface area contributed by atoms with Crippen LogP contribution in [0.3, 0.4) is 0 Å². The van der Waals surface area contributed by atoms with Gasteiger partial charge in [-0.05, 0) is 59.3 Å². The molecule has 24 heavy (non-hydrogen) atoms. The lowest BCUT2D eigenvalue weighted by Gasteiger charge is -2.08. The second-order valence-electron chi connectivity index (χ2n) is 5.06. The number of thiocarbonyl (C=S) groups is 1. The molecule has 0 aliphatic carbocycles. The van der Waals surface area contributed by atoms with Gasteiger partial charge in [-0.25, -0.2) is 0 Å². The van der Waals surface area contributed by atoms with E-state index in [4.69, 9.17) is 21.4 Å². The third-order valence-electron chi connectivity index (χ3n) is 3.45. The average molecular weight is 407 g/mol. The van der Waals surface area contributed by atoms with Crippen LogP contribution in [0.25, 0.3) is 6.08 Å². The van der Waals surface area contributed by atoms with Crippen molar-refractivity contribution in [2.75, 3.05) is 6.54 Å². The quantitative estimate of drug-likeness (QED) is 0.605. The normalized spacial score (nSPS) is 15.9. The average Bonchev–Trinajstić information content (AvgIpc) is 3.11. The number of benzene rings is 1. The first kappa shape index (κ1) is 16.7. The van der Waals surface area contributed by atoms with Crippen molar-refractivity contribution in [1.82, 2.24) is 10.2 Å². The van der Waals surface area contributed by atoms with E-state index in [2.05, 4.69) is 21.2 Å². The largest absolute Gasteiger partial charge is 0.484 e. The van der Waals surface area contributed by atoms with E-state index in [1.807, 2.05) is 37.3 Å². The van der Waals surface area contributed by atoms with Gasteiger partial charge < -0.3 is 14.5 Å². The van der Waals surface area contributed by atoms with Crippen molar-refractivity contribution in [3.63, 3.8) is 0 Å². The van der Waals surface area contributed by atoms with E-state index in [-0.39, 0.29) is 5.91 Å². The molecule has 5 nitrogen and oxygen atoms in total. The molecule has 0 atom stereocenters. The number of halogens is 1. The van der Waals surface area contributed by atoms with Gasteiger partial charge in [-0.1, -0.05) is 12.1 Å². The van der Waals surface area contributed by atoms with Crippen molar-refractivity contribution in [2.45, 2.75) is 13.5 Å². The molecule has 1 N–H and O–H groups in total. The van der Waals surface area contributed by atoms with Crippen LogP contribution < -0.4 is 10.1 Å². The van der Waals surface area contributed by atoms with E-state index in [0.29, 0.717) is 35.5 Å². The van der Waals surface area contributed by atoms with Gasteiger partial charge in [0.05, 0.1) is 4.47 Å². The molecule has 2 aromatic rings. The summed E-state index contributed by atoms with van der Waals surface area (Å²) in [4.78, 5) is 13.6. The summed E-state index contributed by atoms with van der Waals surface area (Å²) in [5.74, 6) is 1.82. The molecule has 1 aliphatic rings. The van der Waals surface area contributed by atoms with Crippen LogP contribution in [-0.2, 0) is 11.4 Å². The first-order valence-electron chi connectivity index (χ1n) is 7.39. The molecular formula is C17H15BrN2O3S. The molecule has 0 spiro atoms. The molecule has 0 radical (unpaired) electrons. The van der Waals surface area contributed by atoms with Gasteiger partial charge in [0.1, 0.15) is 29.6 Å². The van der Waals surface area contributed by atoms with E-state index in [1.165, 1.54) is 4.90 Å². The molecule has 1 fully saturated rings. The van der Waals surface area contributed by atoms with Gasteiger partial charge in [-0.15, -0.1) is 0 Å². The van der Waals surface area contributed by atoms with Gasteiger partial charge in [-0.3, -0.25) is 9.69 Å². The molecule has 1 aliphatic heterocycles. The minimum Gasteiger partial charge on any atom is -0.484 e. The lowest BCUT2D eigenvalue weighted by atomic mass is 10.3.